The third-order valence-corrected chi connectivity index (χ3v) is 7.35. The van der Waals surface area contributed by atoms with E-state index in [2.05, 4.69) is 17.2 Å². The van der Waals surface area contributed by atoms with Crippen LogP contribution in [-0.4, -0.2) is 39.2 Å². The Balaban J connectivity index is 1.95. The van der Waals surface area contributed by atoms with E-state index in [1.807, 2.05) is 6.07 Å². The van der Waals surface area contributed by atoms with Crippen LogP contribution < -0.4 is 9.62 Å². The molecule has 1 aromatic carbocycles. The first-order valence-electron chi connectivity index (χ1n) is 11.6. The summed E-state index contributed by atoms with van der Waals surface area (Å²) < 4.78 is 47.2. The number of nitrogens with zero attached hydrogens (tertiary/aromatic N) is 2. The number of amides is 1. The number of hydrogen-bond acceptors (Lipinski definition) is 5. The highest BCUT2D eigenvalue weighted by Crippen LogP contribution is 2.46. The normalized spacial score (nSPS) is 13.9. The van der Waals surface area contributed by atoms with Gasteiger partial charge in [0.15, 0.2) is 0 Å². The van der Waals surface area contributed by atoms with Crippen LogP contribution in [0, 0.1) is 12.7 Å². The number of hydrogen-bond donors (Lipinski definition) is 1. The highest BCUT2D eigenvalue weighted by molar-refractivity contribution is 7.92. The van der Waals surface area contributed by atoms with Crippen molar-refractivity contribution in [3.05, 3.63) is 46.8 Å². The molecule has 7 nitrogen and oxygen atoms in total. The van der Waals surface area contributed by atoms with Crippen molar-refractivity contribution in [2.75, 3.05) is 24.2 Å². The van der Waals surface area contributed by atoms with Gasteiger partial charge in [0.1, 0.15) is 17.4 Å². The SMILES string of the molecule is CCCCCN(c1nc2oc(-c3ccc(C)c(F)c3)c(C(=O)NC)c2cc1C1CC1)S(C)(=O)=O. The van der Waals surface area contributed by atoms with Gasteiger partial charge >= 0.3 is 0 Å². The van der Waals surface area contributed by atoms with E-state index in [-0.39, 0.29) is 28.9 Å². The van der Waals surface area contributed by atoms with Gasteiger partial charge in [-0.15, -0.1) is 0 Å². The van der Waals surface area contributed by atoms with Gasteiger partial charge in [0, 0.05) is 19.2 Å². The average molecular weight is 488 g/mol. The van der Waals surface area contributed by atoms with E-state index in [4.69, 9.17) is 4.42 Å². The van der Waals surface area contributed by atoms with E-state index in [1.54, 1.807) is 19.1 Å². The summed E-state index contributed by atoms with van der Waals surface area (Å²) in [5, 5.41) is 3.12. The maximum Gasteiger partial charge on any atom is 0.255 e. The number of furan rings is 1. The summed E-state index contributed by atoms with van der Waals surface area (Å²) in [6.45, 7) is 4.04. The lowest BCUT2D eigenvalue weighted by atomic mass is 10.0. The molecular weight excluding hydrogens is 457 g/mol. The highest BCUT2D eigenvalue weighted by atomic mass is 32.2. The number of nitrogens with one attached hydrogen (secondary N) is 1. The molecule has 0 saturated heterocycles. The number of rotatable bonds is 9. The summed E-state index contributed by atoms with van der Waals surface area (Å²) in [5.41, 5.74) is 2.10. The molecule has 0 aliphatic heterocycles. The fraction of sp³-hybridized carbons (Fsp3) is 0.440. The van der Waals surface area contributed by atoms with Crippen molar-refractivity contribution < 1.29 is 22.0 Å². The Labute approximate surface area is 199 Å². The third kappa shape index (κ3) is 4.66. The fourth-order valence-electron chi connectivity index (χ4n) is 4.15. The lowest BCUT2D eigenvalue weighted by Crippen LogP contribution is -2.32. The Morgan fingerprint density at radius 2 is 2.00 bits per heavy atom. The largest absolute Gasteiger partial charge is 0.437 e. The minimum atomic E-state index is -3.58. The molecule has 34 heavy (non-hydrogen) atoms. The number of aryl methyl sites for hydroxylation is 1. The maximum absolute atomic E-state index is 14.3. The summed E-state index contributed by atoms with van der Waals surface area (Å²) in [6.07, 6.45) is 5.61. The van der Waals surface area contributed by atoms with Gasteiger partial charge in [0.05, 0.1) is 17.2 Å². The zero-order chi connectivity index (χ0) is 24.6. The lowest BCUT2D eigenvalue weighted by molar-refractivity contribution is 0.0964. The number of unbranched alkanes of at least 4 members (excludes halogenated alkanes) is 2. The van der Waals surface area contributed by atoms with Crippen LogP contribution in [0.25, 0.3) is 22.4 Å². The lowest BCUT2D eigenvalue weighted by Gasteiger charge is -2.23. The molecule has 2 heterocycles. The van der Waals surface area contributed by atoms with Crippen LogP contribution >= 0.6 is 0 Å². The summed E-state index contributed by atoms with van der Waals surface area (Å²) in [5.74, 6) is -0.0553. The van der Waals surface area contributed by atoms with Crippen LogP contribution in [-0.2, 0) is 10.0 Å². The van der Waals surface area contributed by atoms with Crippen LogP contribution in [0.1, 0.15) is 66.4 Å². The molecule has 9 heteroatoms. The van der Waals surface area contributed by atoms with Gasteiger partial charge < -0.3 is 9.73 Å². The Bertz CT molecular complexity index is 1350. The number of halogens is 1. The van der Waals surface area contributed by atoms with Crippen LogP contribution in [0.3, 0.4) is 0 Å². The monoisotopic (exact) mass is 487 g/mol. The van der Waals surface area contributed by atoms with Crippen molar-refractivity contribution in [1.29, 1.82) is 0 Å². The average Bonchev–Trinajstić information content (AvgIpc) is 3.57. The standard InChI is InChI=1S/C25H30FN3O4S/c1-5-6-7-12-29(34(4,31)32)23-18(16-10-11-16)14-19-21(24(30)27-3)22(33-25(19)28-23)17-9-8-15(2)20(26)13-17/h8-9,13-14,16H,5-7,10-12H2,1-4H3,(H,27,30). The van der Waals surface area contributed by atoms with Crippen LogP contribution in [0.2, 0.25) is 0 Å². The molecule has 1 amide bonds. The van der Waals surface area contributed by atoms with Crippen LogP contribution in [0.5, 0.6) is 0 Å². The Hall–Kier alpha value is -2.94. The van der Waals surface area contributed by atoms with Gasteiger partial charge in [-0.1, -0.05) is 31.9 Å². The molecule has 0 bridgehead atoms. The number of aromatic nitrogens is 1. The molecular formula is C25H30FN3O4S. The van der Waals surface area contributed by atoms with Crippen LogP contribution in [0.15, 0.2) is 28.7 Å². The Morgan fingerprint density at radius 3 is 2.59 bits per heavy atom. The second kappa shape index (κ2) is 9.37. The van der Waals surface area contributed by atoms with Crippen LogP contribution in [0.4, 0.5) is 10.2 Å². The van der Waals surface area contributed by atoms with Gasteiger partial charge in [-0.3, -0.25) is 9.10 Å². The smallest absolute Gasteiger partial charge is 0.255 e. The molecule has 0 spiro atoms. The molecule has 3 aromatic rings. The molecule has 1 saturated carbocycles. The first kappa shape index (κ1) is 24.2. The summed E-state index contributed by atoms with van der Waals surface area (Å²) in [4.78, 5) is 17.5. The summed E-state index contributed by atoms with van der Waals surface area (Å²) >= 11 is 0. The molecule has 1 fully saturated rings. The van der Waals surface area contributed by atoms with Crippen molar-refractivity contribution in [2.24, 2.45) is 0 Å². The van der Waals surface area contributed by atoms with Gasteiger partial charge in [-0.2, -0.15) is 4.98 Å². The first-order valence-corrected chi connectivity index (χ1v) is 13.4. The zero-order valence-electron chi connectivity index (χ0n) is 19.9. The number of carbonyl (C=O) groups is 1. The number of sulfonamides is 1. The van der Waals surface area contributed by atoms with Gasteiger partial charge in [0.25, 0.3) is 5.91 Å². The minimum Gasteiger partial charge on any atom is -0.437 e. The molecule has 182 valence electrons. The number of pyridine rings is 1. The quantitative estimate of drug-likeness (QED) is 0.422. The molecule has 0 atom stereocenters. The van der Waals surface area contributed by atoms with E-state index >= 15 is 0 Å². The predicted molar refractivity (Wildman–Crippen MR) is 131 cm³/mol. The fourth-order valence-corrected chi connectivity index (χ4v) is 5.07. The van der Waals surface area contributed by atoms with E-state index in [9.17, 15) is 17.6 Å². The molecule has 4 rings (SSSR count). The molecule has 1 aliphatic carbocycles. The zero-order valence-corrected chi connectivity index (χ0v) is 20.8. The topological polar surface area (TPSA) is 92.5 Å². The molecule has 1 N–H and O–H groups in total. The molecule has 2 aromatic heterocycles. The molecule has 0 unspecified atom stereocenters. The minimum absolute atomic E-state index is 0.151. The third-order valence-electron chi connectivity index (χ3n) is 6.20. The number of fused-ring (bicyclic) bond motifs is 1. The predicted octanol–water partition coefficient (Wildman–Crippen LogP) is 5.14. The second-order valence-corrected chi connectivity index (χ2v) is 10.8. The van der Waals surface area contributed by atoms with Gasteiger partial charge in [-0.05, 0) is 55.4 Å². The van der Waals surface area contributed by atoms with Gasteiger partial charge in [-0.25, -0.2) is 12.8 Å². The number of benzene rings is 1. The van der Waals surface area contributed by atoms with E-state index in [1.165, 1.54) is 23.7 Å². The molecule has 0 radical (unpaired) electrons. The summed E-state index contributed by atoms with van der Waals surface area (Å²) in [6, 6.07) is 6.48. The maximum atomic E-state index is 14.3. The van der Waals surface area contributed by atoms with E-state index < -0.39 is 15.8 Å². The number of anilines is 1. The molecule has 1 aliphatic rings. The first-order chi connectivity index (χ1) is 16.2. The van der Waals surface area contributed by atoms with Crippen molar-refractivity contribution in [1.82, 2.24) is 10.3 Å². The Morgan fingerprint density at radius 1 is 1.26 bits per heavy atom. The van der Waals surface area contributed by atoms with Crippen molar-refractivity contribution in [2.45, 2.75) is 51.9 Å². The van der Waals surface area contributed by atoms with Gasteiger partial charge in [0.2, 0.25) is 15.7 Å². The van der Waals surface area contributed by atoms with E-state index in [0.717, 1.165) is 31.2 Å². The highest BCUT2D eigenvalue weighted by Gasteiger charge is 2.34. The van der Waals surface area contributed by atoms with Crippen molar-refractivity contribution in [3.8, 4) is 11.3 Å². The second-order valence-electron chi connectivity index (χ2n) is 8.92. The van der Waals surface area contributed by atoms with E-state index in [0.29, 0.717) is 35.3 Å². The van der Waals surface area contributed by atoms with Crippen molar-refractivity contribution >= 4 is 32.8 Å². The van der Waals surface area contributed by atoms with Crippen molar-refractivity contribution in [3.63, 3.8) is 0 Å². The Kier molecular flexibility index (Phi) is 6.66. The summed E-state index contributed by atoms with van der Waals surface area (Å²) in [7, 11) is -2.06. The number of carbonyl (C=O) groups excluding carboxylic acids is 1.